The van der Waals surface area contributed by atoms with E-state index in [0.29, 0.717) is 42.7 Å². The molecule has 9 nitrogen and oxygen atoms in total. The maximum absolute atomic E-state index is 13.5. The highest BCUT2D eigenvalue weighted by atomic mass is 16.3. The molecule has 44 heavy (non-hydrogen) atoms. The molecule has 3 aliphatic rings. The summed E-state index contributed by atoms with van der Waals surface area (Å²) in [5, 5.41) is 27.9. The van der Waals surface area contributed by atoms with Crippen molar-refractivity contribution in [2.45, 2.75) is 50.8 Å². The number of carbonyl (C=O) groups excluding carboxylic acids is 3. The van der Waals surface area contributed by atoms with E-state index in [-0.39, 0.29) is 30.9 Å². The zero-order valence-corrected chi connectivity index (χ0v) is 24.9. The average Bonchev–Trinajstić information content (AvgIpc) is 3.25. The van der Waals surface area contributed by atoms with Crippen molar-refractivity contribution in [1.29, 1.82) is 0 Å². The van der Waals surface area contributed by atoms with Crippen molar-refractivity contribution in [3.05, 3.63) is 107 Å². The van der Waals surface area contributed by atoms with Gasteiger partial charge in [-0.25, -0.2) is 5.01 Å². The van der Waals surface area contributed by atoms with Gasteiger partial charge in [0.15, 0.2) is 5.60 Å². The Balaban J connectivity index is 1.23. The zero-order chi connectivity index (χ0) is 31.0. The predicted molar refractivity (Wildman–Crippen MR) is 168 cm³/mol. The molecular formula is C35H36N4O5. The number of hydrogen-bond acceptors (Lipinski definition) is 6. The highest BCUT2D eigenvalue weighted by Crippen LogP contribution is 2.46. The van der Waals surface area contributed by atoms with E-state index in [1.54, 1.807) is 49.2 Å². The van der Waals surface area contributed by atoms with Crippen molar-refractivity contribution < 1.29 is 24.6 Å². The molecule has 6 rings (SSSR count). The molecule has 3 aromatic carbocycles. The van der Waals surface area contributed by atoms with Crippen LogP contribution in [0.4, 0.5) is 11.4 Å². The number of carbonyl (C=O) groups is 3. The molecule has 0 spiro atoms. The summed E-state index contributed by atoms with van der Waals surface area (Å²) in [6, 6.07) is 22.4. The van der Waals surface area contributed by atoms with Crippen molar-refractivity contribution in [2.75, 3.05) is 23.6 Å². The van der Waals surface area contributed by atoms with Gasteiger partial charge >= 0.3 is 0 Å². The summed E-state index contributed by atoms with van der Waals surface area (Å²) in [5.74, 6) is -1.47. The largest absolute Gasteiger partial charge is 0.394 e. The number of hydrazone groups is 1. The summed E-state index contributed by atoms with van der Waals surface area (Å²) in [5.41, 5.74) is 3.42. The molecule has 0 fully saturated rings. The molecule has 0 saturated carbocycles. The van der Waals surface area contributed by atoms with E-state index < -0.39 is 17.4 Å². The van der Waals surface area contributed by atoms with Crippen molar-refractivity contribution >= 4 is 34.8 Å². The summed E-state index contributed by atoms with van der Waals surface area (Å²) in [7, 11) is 1.61. The number of fused-ring (bicyclic) bond motifs is 2. The molecule has 3 amide bonds. The van der Waals surface area contributed by atoms with E-state index in [0.717, 1.165) is 22.4 Å². The van der Waals surface area contributed by atoms with Gasteiger partial charge in [-0.15, -0.1) is 0 Å². The number of anilines is 2. The highest BCUT2D eigenvalue weighted by Gasteiger charge is 2.51. The SMILES string of the molecule is C[C@@H](/C=C/CC(=O)N1Cc2ccccc2C[C@H]1CO)[C@]1(O)C(=O)N(C)c2ccc(N3N=C(c4ccccc4)CCC3=O)cc21. The van der Waals surface area contributed by atoms with Crippen LogP contribution in [0.3, 0.4) is 0 Å². The number of hydrogen-bond donors (Lipinski definition) is 2. The van der Waals surface area contributed by atoms with E-state index in [1.165, 1.54) is 9.91 Å². The van der Waals surface area contributed by atoms with Gasteiger partial charge in [0.2, 0.25) is 11.8 Å². The molecule has 0 aromatic heterocycles. The summed E-state index contributed by atoms with van der Waals surface area (Å²) >= 11 is 0. The minimum absolute atomic E-state index is 0.0648. The van der Waals surface area contributed by atoms with E-state index >= 15 is 0 Å². The van der Waals surface area contributed by atoms with Gasteiger partial charge < -0.3 is 20.0 Å². The summed E-state index contributed by atoms with van der Waals surface area (Å²) in [6.07, 6.45) is 4.85. The quantitative estimate of drug-likeness (QED) is 0.404. The second-order valence-corrected chi connectivity index (χ2v) is 11.7. The lowest BCUT2D eigenvalue weighted by molar-refractivity contribution is -0.139. The van der Waals surface area contributed by atoms with Crippen molar-refractivity contribution in [1.82, 2.24) is 4.90 Å². The van der Waals surface area contributed by atoms with Gasteiger partial charge in [-0.3, -0.25) is 14.4 Å². The Labute approximate surface area is 256 Å². The third kappa shape index (κ3) is 5.12. The lowest BCUT2D eigenvalue weighted by atomic mass is 9.82. The van der Waals surface area contributed by atoms with Crippen LogP contribution in [0, 0.1) is 5.92 Å². The maximum Gasteiger partial charge on any atom is 0.264 e. The number of amides is 3. The second kappa shape index (κ2) is 11.8. The van der Waals surface area contributed by atoms with Crippen LogP contribution < -0.4 is 9.91 Å². The first-order valence-electron chi connectivity index (χ1n) is 15.0. The van der Waals surface area contributed by atoms with Gasteiger partial charge in [-0.1, -0.05) is 73.7 Å². The predicted octanol–water partition coefficient (Wildman–Crippen LogP) is 3.91. The van der Waals surface area contributed by atoms with E-state index in [9.17, 15) is 24.6 Å². The smallest absolute Gasteiger partial charge is 0.264 e. The highest BCUT2D eigenvalue weighted by molar-refractivity contribution is 6.10. The normalized spacial score (nSPS) is 22.2. The van der Waals surface area contributed by atoms with Crippen LogP contribution in [0.5, 0.6) is 0 Å². The minimum Gasteiger partial charge on any atom is -0.394 e. The second-order valence-electron chi connectivity index (χ2n) is 11.7. The average molecular weight is 593 g/mol. The molecule has 226 valence electrons. The van der Waals surface area contributed by atoms with Gasteiger partial charge in [-0.2, -0.15) is 5.10 Å². The van der Waals surface area contributed by atoms with E-state index in [2.05, 4.69) is 5.10 Å². The van der Waals surface area contributed by atoms with Crippen LogP contribution in [0.1, 0.15) is 48.4 Å². The standard InChI is InChI=1S/C35H36N4O5/c1-23(9-8-14-32(41)38-21-26-13-7-6-12-25(26)19-28(38)22-40)35(44)29-20-27(15-17-31(29)37(2)34(35)43)39-33(42)18-16-30(36-39)24-10-4-3-5-11-24/h3-13,15,17,20,23,28,40,44H,14,16,18-19,21-22H2,1-2H3/b9-8+/t23-,28-,35+/m0/s1. The van der Waals surface area contributed by atoms with Crippen molar-refractivity contribution in [3.8, 4) is 0 Å². The fourth-order valence-corrected chi connectivity index (χ4v) is 6.44. The minimum atomic E-state index is -1.90. The van der Waals surface area contributed by atoms with E-state index in [1.807, 2.05) is 54.6 Å². The molecular weight excluding hydrogens is 556 g/mol. The van der Waals surface area contributed by atoms with Crippen LogP contribution in [-0.2, 0) is 33.0 Å². The molecule has 3 atom stereocenters. The van der Waals surface area contributed by atoms with Crippen LogP contribution >= 0.6 is 0 Å². The van der Waals surface area contributed by atoms with Gasteiger partial charge in [-0.05, 0) is 41.3 Å². The third-order valence-corrected chi connectivity index (χ3v) is 9.03. The number of rotatable bonds is 7. The summed E-state index contributed by atoms with van der Waals surface area (Å²) in [4.78, 5) is 42.8. The first kappa shape index (κ1) is 29.5. The lowest BCUT2D eigenvalue weighted by Crippen LogP contribution is -2.46. The van der Waals surface area contributed by atoms with Crippen LogP contribution in [0.25, 0.3) is 0 Å². The molecule has 0 bridgehead atoms. The van der Waals surface area contributed by atoms with Crippen LogP contribution in [0.2, 0.25) is 0 Å². The van der Waals surface area contributed by atoms with Gasteiger partial charge in [0, 0.05) is 44.3 Å². The van der Waals surface area contributed by atoms with Gasteiger partial charge in [0.25, 0.3) is 5.91 Å². The Hall–Kier alpha value is -4.60. The topological polar surface area (TPSA) is 114 Å². The molecule has 3 heterocycles. The van der Waals surface area contributed by atoms with Crippen LogP contribution in [0.15, 0.2) is 90.0 Å². The zero-order valence-electron chi connectivity index (χ0n) is 24.9. The van der Waals surface area contributed by atoms with Crippen molar-refractivity contribution in [2.24, 2.45) is 11.0 Å². The molecule has 0 aliphatic carbocycles. The first-order chi connectivity index (χ1) is 21.2. The lowest BCUT2D eigenvalue weighted by Gasteiger charge is -2.36. The molecule has 0 radical (unpaired) electrons. The molecule has 0 saturated heterocycles. The Morgan fingerprint density at radius 2 is 1.77 bits per heavy atom. The number of aliphatic hydroxyl groups excluding tert-OH is 1. The fraction of sp³-hybridized carbons (Fsp3) is 0.314. The molecule has 3 aromatic rings. The Morgan fingerprint density at radius 3 is 2.52 bits per heavy atom. The number of nitrogens with zero attached hydrogens (tertiary/aromatic N) is 4. The number of benzene rings is 3. The Morgan fingerprint density at radius 1 is 1.05 bits per heavy atom. The fourth-order valence-electron chi connectivity index (χ4n) is 6.44. The van der Waals surface area contributed by atoms with Crippen LogP contribution in [-0.4, -0.2) is 58.2 Å². The third-order valence-electron chi connectivity index (χ3n) is 9.03. The van der Waals surface area contributed by atoms with Crippen molar-refractivity contribution in [3.63, 3.8) is 0 Å². The maximum atomic E-state index is 13.5. The number of aliphatic hydroxyl groups is 2. The Bertz CT molecular complexity index is 1670. The number of likely N-dealkylation sites (N-methyl/N-ethyl adjacent to an activating group) is 1. The summed E-state index contributed by atoms with van der Waals surface area (Å²) < 4.78 is 0. The first-order valence-corrected chi connectivity index (χ1v) is 15.0. The Kier molecular flexibility index (Phi) is 7.92. The van der Waals surface area contributed by atoms with Gasteiger partial charge in [0.05, 0.1) is 29.7 Å². The monoisotopic (exact) mass is 592 g/mol. The molecule has 3 aliphatic heterocycles. The molecule has 0 unspecified atom stereocenters. The summed E-state index contributed by atoms with van der Waals surface area (Å²) in [6.45, 7) is 2.03. The molecule has 9 heteroatoms. The van der Waals surface area contributed by atoms with Gasteiger partial charge in [0.1, 0.15) is 0 Å². The van der Waals surface area contributed by atoms with E-state index in [4.69, 9.17) is 0 Å². The molecule has 2 N–H and O–H groups in total.